The van der Waals surface area contributed by atoms with Gasteiger partial charge in [0.2, 0.25) is 23.6 Å². The van der Waals surface area contributed by atoms with Gasteiger partial charge in [-0.2, -0.15) is 5.10 Å². The lowest BCUT2D eigenvalue weighted by Crippen LogP contribution is -2.40. The minimum atomic E-state index is -0.587. The topological polar surface area (TPSA) is 310 Å². The maximum atomic E-state index is 13.0. The predicted molar refractivity (Wildman–Crippen MR) is 605 cm³/mol. The van der Waals surface area contributed by atoms with Gasteiger partial charge in [-0.05, 0) is 134 Å². The summed E-state index contributed by atoms with van der Waals surface area (Å²) < 4.78 is 11.3. The lowest BCUT2D eigenvalue weighted by Gasteiger charge is -2.18. The van der Waals surface area contributed by atoms with Gasteiger partial charge in [-0.15, -0.1) is 0 Å². The standard InChI is InChI=1S/C28H36N2O4.C27H22N2O2.C25H52N2O.C23H48N2O.C21H44N2O/c31-25(19-29-17-15-23-7-3-1-4-8-23)21-33-27-11-13-28(14-12-27)34-22-26(32)20-30-18-16-24-9-5-2-6-10-24;30-25-16-15-19-9-7-8-14-22(19)23(25)18-28-29-26(31)24-17-27(24,20-10-3-1-4-11-20)21-12-5-2-6-13-21;1-3-5-7-8-9-10-11-12-13-14-15-16-17-18-19-21-23-27-25(28)24(26)22-20-6-4-2;1-3-5-7-8-9-10-11-12-13-14-15-16-17-19-21-25-23(26)22(24)20-18-6-4-2;1-3-5-7-8-9-10-11-12-13-14-15-17-19-23-21(24)20(22)18-16-6-4-2/h1-14,25-26,29-32H,15-22H2;1-16,18,24,30H,17H2,(H,29,31);24H,3-23,26H2,1-2H3,(H,27,28);22H,3-21,24H2,1-2H3,(H,25,26);20H,3-19,22H2,1-2H3,(H,23,24)/b;28-18+;;;. The maximum absolute atomic E-state index is 13.0. The maximum Gasteiger partial charge on any atom is 0.244 e. The van der Waals surface area contributed by atoms with Gasteiger partial charge >= 0.3 is 0 Å². The number of fused-ring (bicyclic) bond motifs is 1. The van der Waals surface area contributed by atoms with Gasteiger partial charge in [0, 0.05) is 43.7 Å². The fraction of sp³-hybridized carbons (Fsp3) is 0.637. The van der Waals surface area contributed by atoms with Crippen molar-refractivity contribution >= 4 is 40.6 Å². The van der Waals surface area contributed by atoms with Crippen molar-refractivity contribution in [2.24, 2.45) is 28.2 Å². The third kappa shape index (κ3) is 63.6. The summed E-state index contributed by atoms with van der Waals surface area (Å²) in [6.07, 6.45) is 72.9. The van der Waals surface area contributed by atoms with E-state index in [2.05, 4.69) is 127 Å². The number of nitrogens with two attached hydrogens (primary N) is 3. The molecule has 1 saturated carbocycles. The molecule has 6 unspecified atom stereocenters. The van der Waals surface area contributed by atoms with Crippen molar-refractivity contribution in [3.8, 4) is 17.2 Å². The molecule has 19 heteroatoms. The number of nitrogens with zero attached hydrogens (tertiary/aromatic N) is 1. The molecule has 1 aliphatic carbocycles. The molecule has 0 spiro atoms. The smallest absolute Gasteiger partial charge is 0.244 e. The number of carbonyl (C=O) groups is 4. The molecule has 0 aromatic heterocycles. The summed E-state index contributed by atoms with van der Waals surface area (Å²) in [5, 5.41) is 52.0. The second kappa shape index (κ2) is 87.6. The Morgan fingerprint density at radius 3 is 0.944 bits per heavy atom. The molecule has 15 N–H and O–H groups in total. The van der Waals surface area contributed by atoms with Gasteiger partial charge < -0.3 is 68.6 Å². The lowest BCUT2D eigenvalue weighted by molar-refractivity contribution is -0.123. The molecule has 8 rings (SSSR count). The monoisotopic (exact) mass is 1980 g/mol. The zero-order valence-electron chi connectivity index (χ0n) is 90.5. The molecule has 7 aromatic rings. The first kappa shape index (κ1) is 127. The number of unbranched alkanes of at least 4 members (excludes halogenated alkanes) is 45. The third-order valence-corrected chi connectivity index (χ3v) is 27.4. The van der Waals surface area contributed by atoms with Crippen LogP contribution in [-0.2, 0) is 37.4 Å². The number of aromatic hydroxyl groups is 1. The summed E-state index contributed by atoms with van der Waals surface area (Å²) in [6, 6.07) is 58.4. The number of aliphatic hydroxyl groups excluding tert-OH is 2. The number of carbonyl (C=O) groups excluding carboxylic acids is 4. The summed E-state index contributed by atoms with van der Waals surface area (Å²) in [6.45, 7) is 18.7. The van der Waals surface area contributed by atoms with E-state index in [0.29, 0.717) is 30.2 Å². The number of benzene rings is 7. The summed E-state index contributed by atoms with van der Waals surface area (Å²) in [5.41, 5.74) is 25.5. The summed E-state index contributed by atoms with van der Waals surface area (Å²) >= 11 is 0. The molecule has 1 fully saturated rings. The molecule has 802 valence electrons. The second-order valence-electron chi connectivity index (χ2n) is 40.2. The Balaban J connectivity index is 0.000000375. The zero-order chi connectivity index (χ0) is 103. The van der Waals surface area contributed by atoms with Crippen molar-refractivity contribution in [2.45, 2.75) is 443 Å². The van der Waals surface area contributed by atoms with Gasteiger partial charge in [0.25, 0.3) is 0 Å². The number of phenolic OH excluding ortho intramolecular Hbond substituents is 1. The molecule has 19 nitrogen and oxygen atoms in total. The highest BCUT2D eigenvalue weighted by atomic mass is 16.5. The van der Waals surface area contributed by atoms with Crippen molar-refractivity contribution in [1.29, 1.82) is 0 Å². The molecule has 0 heterocycles. The number of hydrazone groups is 1. The molecule has 0 saturated heterocycles. The van der Waals surface area contributed by atoms with E-state index in [1.54, 1.807) is 30.3 Å². The van der Waals surface area contributed by atoms with Crippen LogP contribution in [0, 0.1) is 5.92 Å². The molecule has 0 aliphatic heterocycles. The van der Waals surface area contributed by atoms with Crippen molar-refractivity contribution < 1.29 is 44.0 Å². The van der Waals surface area contributed by atoms with Crippen molar-refractivity contribution in [3.05, 3.63) is 210 Å². The van der Waals surface area contributed by atoms with Crippen LogP contribution in [0.1, 0.15) is 423 Å². The van der Waals surface area contributed by atoms with E-state index in [9.17, 15) is 34.5 Å². The van der Waals surface area contributed by atoms with Crippen molar-refractivity contribution in [2.75, 3.05) is 59.0 Å². The number of hydrogen-bond acceptors (Lipinski definition) is 15. The van der Waals surface area contributed by atoms with E-state index < -0.39 is 12.2 Å². The fourth-order valence-corrected chi connectivity index (χ4v) is 18.2. The van der Waals surface area contributed by atoms with Crippen LogP contribution in [0.15, 0.2) is 187 Å². The normalized spacial score (nSPS) is 13.4. The third-order valence-electron chi connectivity index (χ3n) is 27.4. The minimum absolute atomic E-state index is 0.0363. The van der Waals surface area contributed by atoms with Gasteiger partial charge in [0.15, 0.2) is 0 Å². The molecule has 143 heavy (non-hydrogen) atoms. The highest BCUT2D eigenvalue weighted by Crippen LogP contribution is 2.59. The van der Waals surface area contributed by atoms with Crippen LogP contribution in [0.2, 0.25) is 0 Å². The van der Waals surface area contributed by atoms with E-state index in [1.165, 1.54) is 306 Å². The Morgan fingerprint density at radius 1 is 0.350 bits per heavy atom. The number of ether oxygens (including phenoxy) is 2. The Bertz CT molecular complexity index is 4050. The number of nitrogens with one attached hydrogen (secondary N) is 6. The van der Waals surface area contributed by atoms with Crippen LogP contribution in [0.3, 0.4) is 0 Å². The van der Waals surface area contributed by atoms with Crippen LogP contribution >= 0.6 is 0 Å². The first-order valence-corrected chi connectivity index (χ1v) is 57.5. The van der Waals surface area contributed by atoms with E-state index in [-0.39, 0.29) is 72.1 Å². The minimum Gasteiger partial charge on any atom is -0.507 e. The predicted octanol–water partition coefficient (Wildman–Crippen LogP) is 27.3. The van der Waals surface area contributed by atoms with Crippen molar-refractivity contribution in [1.82, 2.24) is 32.0 Å². The first-order chi connectivity index (χ1) is 70.0. The Labute approximate surface area is 869 Å². The number of rotatable bonds is 81. The van der Waals surface area contributed by atoms with Crippen LogP contribution in [-0.4, -0.2) is 135 Å². The van der Waals surface area contributed by atoms with E-state index in [4.69, 9.17) is 26.7 Å². The first-order valence-electron chi connectivity index (χ1n) is 57.5. The van der Waals surface area contributed by atoms with Crippen molar-refractivity contribution in [3.63, 3.8) is 0 Å². The number of hydrogen-bond donors (Lipinski definition) is 12. The average molecular weight is 1980 g/mol. The number of amides is 4. The molecular formula is C124H202N10O9. The Morgan fingerprint density at radius 2 is 0.629 bits per heavy atom. The highest BCUT2D eigenvalue weighted by Gasteiger charge is 2.60. The molecule has 1 aliphatic rings. The molecule has 0 bridgehead atoms. The second-order valence-corrected chi connectivity index (χ2v) is 40.2. The fourth-order valence-electron chi connectivity index (χ4n) is 18.2. The molecule has 0 radical (unpaired) electrons. The SMILES string of the molecule is CCCCCCCCCCCCCCCCCCNC(=O)C(N)CCCCC.CCCCCCCCCCCCCCCCNC(=O)C(N)CCCCC.CCCCCCCCCCCCCCNC(=O)C(N)CCCCC.O=C(N/N=C/c1c(O)ccc2ccccc12)C1CC1(c1ccccc1)c1ccccc1.OC(CNCCc1ccccc1)COc1ccc(OCC(O)CNCCc2ccccc2)cc1. The zero-order valence-corrected chi connectivity index (χ0v) is 90.5. The van der Waals surface area contributed by atoms with Crippen LogP contribution < -0.4 is 58.7 Å². The van der Waals surface area contributed by atoms with E-state index in [0.717, 1.165) is 132 Å². The number of aliphatic hydroxyl groups is 2. The molecule has 7 aromatic carbocycles. The van der Waals surface area contributed by atoms with Gasteiger partial charge in [0.1, 0.15) is 42.7 Å². The molecular weight excluding hydrogens is 1770 g/mol. The summed E-state index contributed by atoms with van der Waals surface area (Å²) in [4.78, 5) is 48.5. The quantitative estimate of drug-likeness (QED) is 0.00959. The molecule has 6 atom stereocenters. The number of phenols is 1. The van der Waals surface area contributed by atoms with Gasteiger partial charge in [0.05, 0.1) is 30.3 Å². The van der Waals surface area contributed by atoms with Gasteiger partial charge in [-0.1, -0.05) is 501 Å². The van der Waals surface area contributed by atoms with Gasteiger partial charge in [-0.25, -0.2) is 5.43 Å². The van der Waals surface area contributed by atoms with Gasteiger partial charge in [-0.3, -0.25) is 19.2 Å². The lowest BCUT2D eigenvalue weighted by atomic mass is 9.85. The summed E-state index contributed by atoms with van der Waals surface area (Å²) in [5.74, 6) is 1.25. The van der Waals surface area contributed by atoms with E-state index in [1.807, 2.05) is 103 Å². The van der Waals surface area contributed by atoms with Crippen LogP contribution in [0.4, 0.5) is 0 Å². The average Bonchev–Trinajstić information content (AvgIpc) is 1.55. The van der Waals surface area contributed by atoms with Crippen LogP contribution in [0.5, 0.6) is 17.2 Å². The summed E-state index contributed by atoms with van der Waals surface area (Å²) in [7, 11) is 0. The Hall–Kier alpha value is -8.53. The van der Waals surface area contributed by atoms with Crippen LogP contribution in [0.25, 0.3) is 10.8 Å². The van der Waals surface area contributed by atoms with E-state index >= 15 is 0 Å². The Kier molecular flexibility index (Phi) is 77.7. The molecule has 4 amide bonds. The largest absolute Gasteiger partial charge is 0.507 e. The highest BCUT2D eigenvalue weighted by molar-refractivity contribution is 6.02.